The number of benzene rings is 2. The van der Waals surface area contributed by atoms with Crippen molar-refractivity contribution in [2.24, 2.45) is 0 Å². The predicted octanol–water partition coefficient (Wildman–Crippen LogP) is 4.81. The van der Waals surface area contributed by atoms with Gasteiger partial charge in [0.1, 0.15) is 5.75 Å². The summed E-state index contributed by atoms with van der Waals surface area (Å²) >= 11 is 0. The molecule has 0 aliphatic carbocycles. The lowest BCUT2D eigenvalue weighted by Crippen LogP contribution is -2.52. The van der Waals surface area contributed by atoms with Gasteiger partial charge in [0.2, 0.25) is 0 Å². The zero-order valence-electron chi connectivity index (χ0n) is 18.3. The largest absolute Gasteiger partial charge is 0.513 e. The van der Waals surface area contributed by atoms with E-state index < -0.39 is 36.3 Å². The number of nitrogens with zero attached hydrogens (tertiary/aromatic N) is 1. The highest BCUT2D eigenvalue weighted by Gasteiger charge is 2.56. The molecule has 0 radical (unpaired) electrons. The zero-order valence-corrected chi connectivity index (χ0v) is 18.3. The van der Waals surface area contributed by atoms with E-state index in [0.29, 0.717) is 5.56 Å². The molecule has 176 valence electrons. The molecule has 1 atom stereocenters. The lowest BCUT2D eigenvalue weighted by Gasteiger charge is -2.39. The van der Waals surface area contributed by atoms with Gasteiger partial charge in [0.15, 0.2) is 11.0 Å². The number of carbonyl (C=O) groups excluding carboxylic acids is 1. The van der Waals surface area contributed by atoms with Crippen LogP contribution in [0.5, 0.6) is 5.75 Å². The van der Waals surface area contributed by atoms with Gasteiger partial charge in [0, 0.05) is 23.2 Å². The maximum atomic E-state index is 14.3. The summed E-state index contributed by atoms with van der Waals surface area (Å²) in [5.74, 6) is 0.0349. The Labute approximate surface area is 188 Å². The molecular formula is C24H24F3NO5. The summed E-state index contributed by atoms with van der Waals surface area (Å²) < 4.78 is 53.6. The van der Waals surface area contributed by atoms with Crippen LogP contribution >= 0.6 is 0 Å². The number of fused-ring (bicyclic) bond motifs is 1. The maximum absolute atomic E-state index is 14.3. The van der Waals surface area contributed by atoms with Crippen molar-refractivity contribution in [3.8, 4) is 5.75 Å². The molecule has 6 nitrogen and oxygen atoms in total. The number of rotatable bonds is 6. The quantitative estimate of drug-likeness (QED) is 0.420. The van der Waals surface area contributed by atoms with Crippen molar-refractivity contribution in [2.75, 3.05) is 7.11 Å². The molecule has 0 aliphatic rings. The second kappa shape index (κ2) is 8.90. The Hall–Kier alpha value is -3.33. The molecule has 2 aromatic carbocycles. The molecule has 0 spiro atoms. The van der Waals surface area contributed by atoms with Gasteiger partial charge in [-0.1, -0.05) is 44.2 Å². The standard InChI is InChI=1S/C24H24F3NO5/c1-22(2,17-9-5-7-11-20(17)33-21(30)32-3)14-23(31,24(25,26)27)15-28-13-12-19(29)16-8-4-6-10-18(16)28/h4-13,31H,14-15H2,1-3H3. The van der Waals surface area contributed by atoms with Gasteiger partial charge in [-0.15, -0.1) is 0 Å². The highest BCUT2D eigenvalue weighted by molar-refractivity contribution is 5.78. The van der Waals surface area contributed by atoms with Crippen molar-refractivity contribution in [3.63, 3.8) is 0 Å². The normalized spacial score (nSPS) is 14.0. The number of hydrogen-bond acceptors (Lipinski definition) is 5. The molecule has 3 rings (SSSR count). The van der Waals surface area contributed by atoms with Gasteiger partial charge >= 0.3 is 12.3 Å². The van der Waals surface area contributed by atoms with Crippen LogP contribution in [-0.4, -0.2) is 34.7 Å². The molecule has 0 bridgehead atoms. The summed E-state index contributed by atoms with van der Waals surface area (Å²) in [6.45, 7) is 2.21. The summed E-state index contributed by atoms with van der Waals surface area (Å²) in [6, 6.07) is 13.6. The third-order valence-corrected chi connectivity index (χ3v) is 5.55. The molecule has 0 fully saturated rings. The van der Waals surface area contributed by atoms with Crippen LogP contribution in [0.15, 0.2) is 65.6 Å². The lowest BCUT2D eigenvalue weighted by atomic mass is 9.74. The molecule has 1 unspecified atom stereocenters. The zero-order chi connectivity index (χ0) is 24.4. The fourth-order valence-electron chi connectivity index (χ4n) is 4.00. The van der Waals surface area contributed by atoms with Crippen molar-refractivity contribution in [2.45, 2.75) is 44.0 Å². The minimum atomic E-state index is -4.99. The first-order chi connectivity index (χ1) is 15.4. The molecule has 0 saturated heterocycles. The van der Waals surface area contributed by atoms with E-state index >= 15 is 0 Å². The molecular weight excluding hydrogens is 439 g/mol. The maximum Gasteiger partial charge on any atom is 0.513 e. The summed E-state index contributed by atoms with van der Waals surface area (Å²) in [5.41, 5.74) is -4.19. The van der Waals surface area contributed by atoms with E-state index in [0.717, 1.165) is 7.11 Å². The molecule has 1 aromatic heterocycles. The highest BCUT2D eigenvalue weighted by Crippen LogP contribution is 2.44. The SMILES string of the molecule is COC(=O)Oc1ccccc1C(C)(C)CC(O)(Cn1ccc(=O)c2ccccc21)C(F)(F)F. The number of hydrogen-bond donors (Lipinski definition) is 1. The minimum absolute atomic E-state index is 0.0349. The number of methoxy groups -OCH3 is 1. The van der Waals surface area contributed by atoms with E-state index in [4.69, 9.17) is 4.74 Å². The molecule has 1 heterocycles. The average Bonchev–Trinajstić information content (AvgIpc) is 2.75. The van der Waals surface area contributed by atoms with E-state index in [1.165, 1.54) is 54.9 Å². The summed E-state index contributed by atoms with van der Waals surface area (Å²) in [7, 11) is 1.12. The molecule has 0 amide bonds. The summed E-state index contributed by atoms with van der Waals surface area (Å²) in [5, 5.41) is 11.2. The Kier molecular flexibility index (Phi) is 6.56. The number of alkyl halides is 3. The molecule has 9 heteroatoms. The lowest BCUT2D eigenvalue weighted by molar-refractivity contribution is -0.271. The third kappa shape index (κ3) is 5.03. The first-order valence-electron chi connectivity index (χ1n) is 10.1. The Morgan fingerprint density at radius 1 is 1.03 bits per heavy atom. The fraction of sp³-hybridized carbons (Fsp3) is 0.333. The number of carbonyl (C=O) groups is 1. The van der Waals surface area contributed by atoms with Crippen LogP contribution in [0.1, 0.15) is 25.8 Å². The molecule has 0 aliphatic heterocycles. The average molecular weight is 463 g/mol. The van der Waals surface area contributed by atoms with Crippen molar-refractivity contribution in [1.29, 1.82) is 0 Å². The van der Waals surface area contributed by atoms with Crippen LogP contribution in [0.3, 0.4) is 0 Å². The van der Waals surface area contributed by atoms with Crippen molar-refractivity contribution < 1.29 is 32.5 Å². The van der Waals surface area contributed by atoms with Crippen LogP contribution in [0.2, 0.25) is 0 Å². The molecule has 0 saturated carbocycles. The van der Waals surface area contributed by atoms with Crippen molar-refractivity contribution in [1.82, 2.24) is 4.57 Å². The number of pyridine rings is 1. The van der Waals surface area contributed by atoms with Gasteiger partial charge in [-0.2, -0.15) is 13.2 Å². The van der Waals surface area contributed by atoms with Gasteiger partial charge in [-0.05, 0) is 30.0 Å². The fourth-order valence-corrected chi connectivity index (χ4v) is 4.00. The van der Waals surface area contributed by atoms with Crippen LogP contribution in [0.4, 0.5) is 18.0 Å². The van der Waals surface area contributed by atoms with Crippen LogP contribution in [0.25, 0.3) is 10.9 Å². The monoisotopic (exact) mass is 463 g/mol. The van der Waals surface area contributed by atoms with Crippen LogP contribution in [0, 0.1) is 0 Å². The molecule has 3 aromatic rings. The predicted molar refractivity (Wildman–Crippen MR) is 116 cm³/mol. The first kappa shape index (κ1) is 24.3. The Bertz CT molecular complexity index is 1220. The van der Waals surface area contributed by atoms with Crippen molar-refractivity contribution in [3.05, 3.63) is 76.6 Å². The van der Waals surface area contributed by atoms with E-state index in [9.17, 15) is 27.9 Å². The minimum Gasteiger partial charge on any atom is -0.437 e. The highest BCUT2D eigenvalue weighted by atomic mass is 19.4. The van der Waals surface area contributed by atoms with Crippen LogP contribution < -0.4 is 10.2 Å². The van der Waals surface area contributed by atoms with Gasteiger partial charge in [0.25, 0.3) is 0 Å². The smallest absolute Gasteiger partial charge is 0.437 e. The van der Waals surface area contributed by atoms with Gasteiger partial charge in [-0.25, -0.2) is 4.79 Å². The number of aromatic nitrogens is 1. The molecule has 33 heavy (non-hydrogen) atoms. The van der Waals surface area contributed by atoms with Crippen molar-refractivity contribution >= 4 is 17.1 Å². The first-order valence-corrected chi connectivity index (χ1v) is 10.1. The Morgan fingerprint density at radius 2 is 1.67 bits per heavy atom. The van der Waals surface area contributed by atoms with E-state index in [1.54, 1.807) is 24.3 Å². The number of para-hydroxylation sites is 2. The third-order valence-electron chi connectivity index (χ3n) is 5.55. The summed E-state index contributed by atoms with van der Waals surface area (Å²) in [6.07, 6.45) is -5.51. The number of halogens is 3. The van der Waals surface area contributed by atoms with Crippen LogP contribution in [-0.2, 0) is 16.7 Å². The Morgan fingerprint density at radius 3 is 2.33 bits per heavy atom. The van der Waals surface area contributed by atoms with E-state index in [-0.39, 0.29) is 22.1 Å². The molecule has 1 N–H and O–H groups in total. The van der Waals surface area contributed by atoms with E-state index in [2.05, 4.69) is 4.74 Å². The van der Waals surface area contributed by atoms with E-state index in [1.807, 2.05) is 0 Å². The summed E-state index contributed by atoms with van der Waals surface area (Å²) in [4.78, 5) is 23.7. The second-order valence-electron chi connectivity index (χ2n) is 8.47. The van der Waals surface area contributed by atoms with Gasteiger partial charge in [0.05, 0.1) is 19.2 Å². The van der Waals surface area contributed by atoms with Gasteiger partial charge in [-0.3, -0.25) is 4.79 Å². The number of aliphatic hydroxyl groups is 1. The topological polar surface area (TPSA) is 77.8 Å². The Balaban J connectivity index is 2.04. The van der Waals surface area contributed by atoms with Gasteiger partial charge < -0.3 is 19.1 Å². The number of ether oxygens (including phenoxy) is 2. The second-order valence-corrected chi connectivity index (χ2v) is 8.47.